The Morgan fingerprint density at radius 3 is 2.76 bits per heavy atom. The molecule has 134 valence electrons. The van der Waals surface area contributed by atoms with Crippen molar-refractivity contribution in [2.24, 2.45) is 0 Å². The van der Waals surface area contributed by atoms with Crippen LogP contribution in [0.4, 0.5) is 18.9 Å². The largest absolute Gasteiger partial charge is 0.417 e. The summed E-state index contributed by atoms with van der Waals surface area (Å²) < 4.78 is 46.1. The molecule has 0 radical (unpaired) electrons. The maximum Gasteiger partial charge on any atom is 0.417 e. The van der Waals surface area contributed by atoms with Gasteiger partial charge in [-0.25, -0.2) is 0 Å². The number of halogens is 5. The van der Waals surface area contributed by atoms with Crippen LogP contribution in [0.1, 0.15) is 22.1 Å². The van der Waals surface area contributed by atoms with Crippen LogP contribution in [0.15, 0.2) is 24.4 Å². The number of ether oxygens (including phenoxy) is 1. The van der Waals surface area contributed by atoms with Gasteiger partial charge in [-0.3, -0.25) is 9.48 Å². The average molecular weight is 486 g/mol. The zero-order valence-corrected chi connectivity index (χ0v) is 15.8. The lowest BCUT2D eigenvalue weighted by Crippen LogP contribution is -2.45. The molecule has 0 unspecified atom stereocenters. The van der Waals surface area contributed by atoms with Gasteiger partial charge in [0.05, 0.1) is 39.5 Å². The number of benzene rings is 1. The molecule has 1 aromatic carbocycles. The number of carbonyl (C=O) groups is 1. The summed E-state index contributed by atoms with van der Waals surface area (Å²) in [5, 5.41) is 3.76. The standard InChI is InChI=1S/C15H12ClF3IN3O2/c1-25-7-9-6-22(14(24)13-12(20)5-21-23(9)13)8-2-3-10(11(16)4-8)15(17,18)19/h2-5,9H,6-7H2,1H3/t9-/m1/s1. The van der Waals surface area contributed by atoms with Gasteiger partial charge in [-0.05, 0) is 40.8 Å². The van der Waals surface area contributed by atoms with E-state index in [-0.39, 0.29) is 18.5 Å². The third-order valence-corrected chi connectivity index (χ3v) is 4.97. The third kappa shape index (κ3) is 3.36. The first-order chi connectivity index (χ1) is 11.7. The summed E-state index contributed by atoms with van der Waals surface area (Å²) in [5.41, 5.74) is -0.257. The van der Waals surface area contributed by atoms with E-state index in [9.17, 15) is 18.0 Å². The zero-order chi connectivity index (χ0) is 18.4. The van der Waals surface area contributed by atoms with Crippen molar-refractivity contribution in [1.82, 2.24) is 9.78 Å². The number of fused-ring (bicyclic) bond motifs is 1. The van der Waals surface area contributed by atoms with E-state index in [0.717, 1.165) is 12.1 Å². The summed E-state index contributed by atoms with van der Waals surface area (Å²) in [6, 6.07) is 3.04. The maximum atomic E-state index is 12.9. The predicted octanol–water partition coefficient (Wildman–Crippen LogP) is 4.01. The van der Waals surface area contributed by atoms with Gasteiger partial charge in [-0.15, -0.1) is 0 Å². The Bertz CT molecular complexity index is 825. The van der Waals surface area contributed by atoms with Crippen LogP contribution in [-0.2, 0) is 10.9 Å². The highest BCUT2D eigenvalue weighted by atomic mass is 127. The molecule has 1 aromatic heterocycles. The van der Waals surface area contributed by atoms with Gasteiger partial charge in [0.1, 0.15) is 5.69 Å². The van der Waals surface area contributed by atoms with Gasteiger partial charge in [-0.1, -0.05) is 11.6 Å². The molecular formula is C15H12ClF3IN3O2. The molecule has 1 aliphatic heterocycles. The Morgan fingerprint density at radius 2 is 2.16 bits per heavy atom. The minimum absolute atomic E-state index is 0.221. The Morgan fingerprint density at radius 1 is 1.44 bits per heavy atom. The van der Waals surface area contributed by atoms with Crippen LogP contribution in [0.25, 0.3) is 0 Å². The Labute approximate surface area is 159 Å². The van der Waals surface area contributed by atoms with Gasteiger partial charge >= 0.3 is 6.18 Å². The van der Waals surface area contributed by atoms with Crippen LogP contribution >= 0.6 is 34.2 Å². The molecule has 0 aliphatic carbocycles. The lowest BCUT2D eigenvalue weighted by Gasteiger charge is -2.33. The summed E-state index contributed by atoms with van der Waals surface area (Å²) in [5.74, 6) is -0.343. The first-order valence-corrected chi connectivity index (χ1v) is 8.60. The van der Waals surface area contributed by atoms with E-state index in [1.54, 1.807) is 10.9 Å². The van der Waals surface area contributed by atoms with Crippen molar-refractivity contribution in [1.29, 1.82) is 0 Å². The maximum absolute atomic E-state index is 12.9. The van der Waals surface area contributed by atoms with Crippen LogP contribution < -0.4 is 4.90 Å². The van der Waals surface area contributed by atoms with Gasteiger partial charge in [0, 0.05) is 12.8 Å². The molecule has 2 heterocycles. The molecule has 0 spiro atoms. The fraction of sp³-hybridized carbons (Fsp3) is 0.333. The van der Waals surface area contributed by atoms with Crippen molar-refractivity contribution >= 4 is 45.8 Å². The van der Waals surface area contributed by atoms with Crippen molar-refractivity contribution in [2.75, 3.05) is 25.2 Å². The highest BCUT2D eigenvalue weighted by molar-refractivity contribution is 14.1. The second kappa shape index (κ2) is 6.76. The number of amides is 1. The summed E-state index contributed by atoms with van der Waals surface area (Å²) in [7, 11) is 1.53. The molecule has 0 saturated carbocycles. The van der Waals surface area contributed by atoms with E-state index in [0.29, 0.717) is 21.6 Å². The van der Waals surface area contributed by atoms with Gasteiger partial charge in [0.25, 0.3) is 5.91 Å². The van der Waals surface area contributed by atoms with Gasteiger partial charge in [0.2, 0.25) is 0 Å². The van der Waals surface area contributed by atoms with Gasteiger partial charge in [-0.2, -0.15) is 18.3 Å². The van der Waals surface area contributed by atoms with Crippen LogP contribution in [0.5, 0.6) is 0 Å². The fourth-order valence-corrected chi connectivity index (χ4v) is 3.64. The number of aromatic nitrogens is 2. The number of hydrogen-bond acceptors (Lipinski definition) is 3. The SMILES string of the molecule is COC[C@H]1CN(c2ccc(C(F)(F)F)c(Cl)c2)C(=O)c2c(I)cnn21. The molecule has 1 amide bonds. The van der Waals surface area contributed by atoms with E-state index in [4.69, 9.17) is 16.3 Å². The van der Waals surface area contributed by atoms with E-state index in [1.165, 1.54) is 18.1 Å². The molecule has 0 saturated heterocycles. The van der Waals surface area contributed by atoms with Crippen LogP contribution in [0, 0.1) is 3.57 Å². The van der Waals surface area contributed by atoms with Crippen molar-refractivity contribution in [3.05, 3.63) is 44.2 Å². The minimum atomic E-state index is -4.55. The van der Waals surface area contributed by atoms with Crippen molar-refractivity contribution < 1.29 is 22.7 Å². The van der Waals surface area contributed by atoms with E-state index < -0.39 is 16.8 Å². The third-order valence-electron chi connectivity index (χ3n) is 3.87. The van der Waals surface area contributed by atoms with Gasteiger partial charge < -0.3 is 9.64 Å². The average Bonchev–Trinajstić information content (AvgIpc) is 2.91. The molecule has 25 heavy (non-hydrogen) atoms. The molecule has 1 aliphatic rings. The lowest BCUT2D eigenvalue weighted by atomic mass is 10.1. The molecule has 2 aromatic rings. The number of alkyl halides is 3. The quantitative estimate of drug-likeness (QED) is 0.618. The number of hydrogen-bond donors (Lipinski definition) is 0. The van der Waals surface area contributed by atoms with Gasteiger partial charge in [0.15, 0.2) is 0 Å². The van der Waals surface area contributed by atoms with Crippen molar-refractivity contribution in [2.45, 2.75) is 12.2 Å². The summed E-state index contributed by atoms with van der Waals surface area (Å²) in [6.07, 6.45) is -2.98. The second-order valence-corrected chi connectivity index (χ2v) is 7.04. The summed E-state index contributed by atoms with van der Waals surface area (Å²) in [4.78, 5) is 14.2. The fourth-order valence-electron chi connectivity index (χ4n) is 2.76. The summed E-state index contributed by atoms with van der Waals surface area (Å²) in [6.45, 7) is 0.530. The number of rotatable bonds is 3. The number of carbonyl (C=O) groups excluding carboxylic acids is 1. The lowest BCUT2D eigenvalue weighted by molar-refractivity contribution is -0.137. The Kier molecular flexibility index (Phi) is 5.00. The number of methoxy groups -OCH3 is 1. The molecule has 3 rings (SSSR count). The monoisotopic (exact) mass is 485 g/mol. The van der Waals surface area contributed by atoms with E-state index >= 15 is 0 Å². The smallest absolute Gasteiger partial charge is 0.382 e. The van der Waals surface area contributed by atoms with Crippen LogP contribution in [0.2, 0.25) is 5.02 Å². The summed E-state index contributed by atoms with van der Waals surface area (Å²) >= 11 is 7.78. The molecule has 0 N–H and O–H groups in total. The first kappa shape index (κ1) is 18.5. The molecule has 0 bridgehead atoms. The van der Waals surface area contributed by atoms with Crippen molar-refractivity contribution in [3.8, 4) is 0 Å². The second-order valence-electron chi connectivity index (χ2n) is 5.47. The molecule has 1 atom stereocenters. The van der Waals surface area contributed by atoms with Crippen LogP contribution in [-0.4, -0.2) is 35.9 Å². The highest BCUT2D eigenvalue weighted by Crippen LogP contribution is 2.37. The molecular weight excluding hydrogens is 474 g/mol. The molecule has 0 fully saturated rings. The Balaban J connectivity index is 2.02. The Hall–Kier alpha value is -1.33. The van der Waals surface area contributed by atoms with Crippen LogP contribution in [0.3, 0.4) is 0 Å². The van der Waals surface area contributed by atoms with Crippen molar-refractivity contribution in [3.63, 3.8) is 0 Å². The predicted molar refractivity (Wildman–Crippen MR) is 94.0 cm³/mol. The topological polar surface area (TPSA) is 47.4 Å². The minimum Gasteiger partial charge on any atom is -0.382 e. The highest BCUT2D eigenvalue weighted by Gasteiger charge is 2.37. The normalized spacial score (nSPS) is 17.8. The molecule has 10 heteroatoms. The zero-order valence-electron chi connectivity index (χ0n) is 12.8. The van der Waals surface area contributed by atoms with E-state index in [1.807, 2.05) is 22.6 Å². The number of nitrogens with zero attached hydrogens (tertiary/aromatic N) is 3. The van der Waals surface area contributed by atoms with E-state index in [2.05, 4.69) is 5.10 Å². The first-order valence-electron chi connectivity index (χ1n) is 7.14. The molecule has 5 nitrogen and oxygen atoms in total. The number of anilines is 1.